The molecule has 2 aromatic carbocycles. The van der Waals surface area contributed by atoms with Gasteiger partial charge in [-0.25, -0.2) is 8.42 Å². The lowest BCUT2D eigenvalue weighted by atomic mass is 10.1. The maximum absolute atomic E-state index is 12.7. The zero-order chi connectivity index (χ0) is 24.3. The number of sulfonamides is 1. The molecule has 2 heterocycles. The monoisotopic (exact) mass is 499 g/mol. The molecule has 1 amide bonds. The molecule has 1 aliphatic heterocycles. The number of rotatable bonds is 8. The van der Waals surface area contributed by atoms with Gasteiger partial charge in [0.15, 0.2) is 16.8 Å². The van der Waals surface area contributed by atoms with Gasteiger partial charge in [-0.1, -0.05) is 23.9 Å². The molecule has 11 heteroatoms. The summed E-state index contributed by atoms with van der Waals surface area (Å²) in [6, 6.07) is 13.4. The Bertz CT molecular complexity index is 1310. The SMILES string of the molecule is CC(=O)c1cccc(NC(=O)CSc2nnc(-c3ccc(S(=O)(=O)N4CCCC4)cc3)n2C)c1. The third-order valence-electron chi connectivity index (χ3n) is 5.54. The van der Waals surface area contributed by atoms with E-state index in [0.717, 1.165) is 18.4 Å². The smallest absolute Gasteiger partial charge is 0.243 e. The van der Waals surface area contributed by atoms with Crippen LogP contribution in [0.2, 0.25) is 0 Å². The quantitative estimate of drug-likeness (QED) is 0.374. The van der Waals surface area contributed by atoms with Crippen LogP contribution in [0.3, 0.4) is 0 Å². The van der Waals surface area contributed by atoms with Crippen LogP contribution in [0.25, 0.3) is 11.4 Å². The molecule has 3 aromatic rings. The molecule has 0 bridgehead atoms. The molecule has 1 aliphatic rings. The first-order valence-electron chi connectivity index (χ1n) is 10.8. The molecule has 0 radical (unpaired) electrons. The molecule has 1 N–H and O–H groups in total. The maximum atomic E-state index is 12.7. The fourth-order valence-corrected chi connectivity index (χ4v) is 5.92. The first-order valence-corrected chi connectivity index (χ1v) is 13.2. The van der Waals surface area contributed by atoms with Crippen molar-refractivity contribution < 1.29 is 18.0 Å². The van der Waals surface area contributed by atoms with E-state index in [1.165, 1.54) is 23.0 Å². The first kappa shape index (κ1) is 24.1. The van der Waals surface area contributed by atoms with Crippen LogP contribution in [0, 0.1) is 0 Å². The predicted molar refractivity (Wildman–Crippen MR) is 130 cm³/mol. The first-order chi connectivity index (χ1) is 16.3. The van der Waals surface area contributed by atoms with Gasteiger partial charge in [0.2, 0.25) is 15.9 Å². The van der Waals surface area contributed by atoms with E-state index < -0.39 is 10.0 Å². The Kier molecular flexibility index (Phi) is 7.15. The predicted octanol–water partition coefficient (Wildman–Crippen LogP) is 3.20. The number of carbonyl (C=O) groups excluding carboxylic acids is 2. The van der Waals surface area contributed by atoms with Crippen molar-refractivity contribution in [3.05, 3.63) is 54.1 Å². The molecule has 0 spiro atoms. The molecule has 0 atom stereocenters. The highest BCUT2D eigenvalue weighted by molar-refractivity contribution is 7.99. The van der Waals surface area contributed by atoms with Crippen molar-refractivity contribution in [1.82, 2.24) is 19.1 Å². The number of nitrogens with one attached hydrogen (secondary N) is 1. The fraction of sp³-hybridized carbons (Fsp3) is 0.304. The molecule has 0 saturated carbocycles. The summed E-state index contributed by atoms with van der Waals surface area (Å²) in [5, 5.41) is 11.7. The van der Waals surface area contributed by atoms with Crippen LogP contribution in [0.1, 0.15) is 30.1 Å². The van der Waals surface area contributed by atoms with Crippen molar-refractivity contribution in [2.75, 3.05) is 24.2 Å². The summed E-state index contributed by atoms with van der Waals surface area (Å²) < 4.78 is 28.7. The summed E-state index contributed by atoms with van der Waals surface area (Å²) in [7, 11) is -1.68. The third kappa shape index (κ3) is 5.21. The van der Waals surface area contributed by atoms with Crippen molar-refractivity contribution >= 4 is 39.2 Å². The fourth-order valence-electron chi connectivity index (χ4n) is 3.69. The highest BCUT2D eigenvalue weighted by atomic mass is 32.2. The standard InChI is InChI=1S/C23H25N5O4S2/c1-16(29)18-6-5-7-19(14-18)24-21(30)15-33-23-26-25-22(27(23)2)17-8-10-20(11-9-17)34(31,32)28-12-3-4-13-28/h5-11,14H,3-4,12-13,15H2,1-2H3,(H,24,30). The second-order valence-corrected chi connectivity index (χ2v) is 10.9. The third-order valence-corrected chi connectivity index (χ3v) is 8.47. The van der Waals surface area contributed by atoms with E-state index in [1.54, 1.807) is 60.1 Å². The van der Waals surface area contributed by atoms with Crippen molar-refractivity contribution in [2.45, 2.75) is 29.8 Å². The average molecular weight is 500 g/mol. The van der Waals surface area contributed by atoms with Crippen LogP contribution in [0.5, 0.6) is 0 Å². The van der Waals surface area contributed by atoms with Gasteiger partial charge in [0.25, 0.3) is 0 Å². The van der Waals surface area contributed by atoms with Gasteiger partial charge >= 0.3 is 0 Å². The van der Waals surface area contributed by atoms with Gasteiger partial charge in [0, 0.05) is 37.0 Å². The number of nitrogens with zero attached hydrogens (tertiary/aromatic N) is 4. The van der Waals surface area contributed by atoms with Crippen molar-refractivity contribution in [1.29, 1.82) is 0 Å². The number of Topliss-reactive ketones (excluding diaryl/α,β-unsaturated/α-hetero) is 1. The highest BCUT2D eigenvalue weighted by Crippen LogP contribution is 2.26. The Labute approximate surface area is 202 Å². The summed E-state index contributed by atoms with van der Waals surface area (Å²) in [4.78, 5) is 24.1. The Balaban J connectivity index is 1.40. The number of ketones is 1. The van der Waals surface area contributed by atoms with E-state index >= 15 is 0 Å². The van der Waals surface area contributed by atoms with Gasteiger partial charge in [-0.05, 0) is 56.2 Å². The normalized spacial score (nSPS) is 14.3. The molecule has 9 nitrogen and oxygen atoms in total. The van der Waals surface area contributed by atoms with Crippen molar-refractivity contribution in [3.8, 4) is 11.4 Å². The minimum atomic E-state index is -3.47. The van der Waals surface area contributed by atoms with E-state index in [2.05, 4.69) is 15.5 Å². The molecule has 1 saturated heterocycles. The summed E-state index contributed by atoms with van der Waals surface area (Å²) in [5.74, 6) is 0.385. The number of carbonyl (C=O) groups is 2. The number of amides is 1. The number of aromatic nitrogens is 3. The second-order valence-electron chi connectivity index (χ2n) is 7.97. The molecule has 1 aromatic heterocycles. The number of thioether (sulfide) groups is 1. The Morgan fingerprint density at radius 2 is 1.76 bits per heavy atom. The van der Waals surface area contributed by atoms with Gasteiger partial charge in [-0.3, -0.25) is 9.59 Å². The van der Waals surface area contributed by atoms with Gasteiger partial charge in [-0.2, -0.15) is 4.31 Å². The molecular weight excluding hydrogens is 474 g/mol. The number of hydrogen-bond donors (Lipinski definition) is 1. The van der Waals surface area contributed by atoms with Crippen LogP contribution in [0.4, 0.5) is 5.69 Å². The topological polar surface area (TPSA) is 114 Å². The minimum Gasteiger partial charge on any atom is -0.325 e. The summed E-state index contributed by atoms with van der Waals surface area (Å²) in [6.45, 7) is 2.59. The summed E-state index contributed by atoms with van der Waals surface area (Å²) >= 11 is 1.23. The van der Waals surface area contributed by atoms with Gasteiger partial charge in [0.05, 0.1) is 10.6 Å². The lowest BCUT2D eigenvalue weighted by Crippen LogP contribution is -2.27. The molecule has 1 fully saturated rings. The largest absolute Gasteiger partial charge is 0.325 e. The van der Waals surface area contributed by atoms with Crippen molar-refractivity contribution in [2.24, 2.45) is 7.05 Å². The lowest BCUT2D eigenvalue weighted by Gasteiger charge is -2.15. The van der Waals surface area contributed by atoms with Crippen LogP contribution < -0.4 is 5.32 Å². The average Bonchev–Trinajstić information content (AvgIpc) is 3.49. The van der Waals surface area contributed by atoms with E-state index in [1.807, 2.05) is 0 Å². The number of anilines is 1. The summed E-state index contributed by atoms with van der Waals surface area (Å²) in [6.07, 6.45) is 1.78. The van der Waals surface area contributed by atoms with E-state index in [0.29, 0.717) is 35.3 Å². The van der Waals surface area contributed by atoms with Gasteiger partial charge in [0.1, 0.15) is 0 Å². The van der Waals surface area contributed by atoms with Crippen LogP contribution in [-0.4, -0.2) is 58.0 Å². The highest BCUT2D eigenvalue weighted by Gasteiger charge is 2.27. The molecule has 0 aliphatic carbocycles. The minimum absolute atomic E-state index is 0.0706. The van der Waals surface area contributed by atoms with Crippen LogP contribution in [0.15, 0.2) is 58.6 Å². The van der Waals surface area contributed by atoms with E-state index in [4.69, 9.17) is 0 Å². The van der Waals surface area contributed by atoms with E-state index in [9.17, 15) is 18.0 Å². The van der Waals surface area contributed by atoms with Gasteiger partial charge < -0.3 is 9.88 Å². The zero-order valence-corrected chi connectivity index (χ0v) is 20.5. The summed E-state index contributed by atoms with van der Waals surface area (Å²) in [5.41, 5.74) is 1.82. The molecule has 4 rings (SSSR count). The Hall–Kier alpha value is -3.02. The Morgan fingerprint density at radius 1 is 1.06 bits per heavy atom. The Morgan fingerprint density at radius 3 is 2.44 bits per heavy atom. The number of hydrogen-bond acceptors (Lipinski definition) is 7. The second kappa shape index (κ2) is 10.1. The molecular formula is C23H25N5O4S2. The van der Waals surface area contributed by atoms with Crippen LogP contribution >= 0.6 is 11.8 Å². The molecule has 34 heavy (non-hydrogen) atoms. The van der Waals surface area contributed by atoms with Gasteiger partial charge in [-0.15, -0.1) is 10.2 Å². The maximum Gasteiger partial charge on any atom is 0.243 e. The van der Waals surface area contributed by atoms with Crippen molar-refractivity contribution in [3.63, 3.8) is 0 Å². The van der Waals surface area contributed by atoms with E-state index in [-0.39, 0.29) is 22.3 Å². The molecule has 0 unspecified atom stereocenters. The van der Waals surface area contributed by atoms with Crippen LogP contribution in [-0.2, 0) is 21.9 Å². The molecule has 178 valence electrons. The lowest BCUT2D eigenvalue weighted by molar-refractivity contribution is -0.113. The number of benzene rings is 2. The zero-order valence-electron chi connectivity index (χ0n) is 18.9.